The number of primary amides is 1. The summed E-state index contributed by atoms with van der Waals surface area (Å²) in [5.74, 6) is -1.21. The van der Waals surface area contributed by atoms with Gasteiger partial charge in [0.15, 0.2) is 5.69 Å². The van der Waals surface area contributed by atoms with Gasteiger partial charge in [0.05, 0.1) is 35.1 Å². The molecule has 8 heteroatoms. The molecule has 0 atom stereocenters. The van der Waals surface area contributed by atoms with Crippen LogP contribution in [0.1, 0.15) is 32.1 Å². The van der Waals surface area contributed by atoms with E-state index >= 15 is 0 Å². The molecule has 0 saturated heterocycles. The minimum atomic E-state index is -0.746. The third kappa shape index (κ3) is 2.90. The standard InChI is InChI=1S/C20H18N6O2/c1-11-3-6-16(12(2)7-11)26(13-4-5-14-15(8-13)23-9-22-14)20(28)18-17(19(21)27)24-10-25-18/h3-10H,1-2H3,(H2,21,27)(H,22,23)(H,24,25). The molecule has 0 aliphatic carbocycles. The van der Waals surface area contributed by atoms with E-state index in [1.165, 1.54) is 11.2 Å². The van der Waals surface area contributed by atoms with Crippen LogP contribution >= 0.6 is 0 Å². The molecule has 2 aromatic heterocycles. The predicted octanol–water partition coefficient (Wildman–Crippen LogP) is 2.98. The first-order valence-corrected chi connectivity index (χ1v) is 8.63. The maximum absolute atomic E-state index is 13.5. The van der Waals surface area contributed by atoms with Gasteiger partial charge in [-0.1, -0.05) is 17.7 Å². The maximum Gasteiger partial charge on any atom is 0.283 e. The predicted molar refractivity (Wildman–Crippen MR) is 106 cm³/mol. The van der Waals surface area contributed by atoms with Crippen molar-refractivity contribution in [1.29, 1.82) is 0 Å². The molecular weight excluding hydrogens is 356 g/mol. The second-order valence-corrected chi connectivity index (χ2v) is 6.52. The summed E-state index contributed by atoms with van der Waals surface area (Å²) in [4.78, 5) is 40.7. The monoisotopic (exact) mass is 374 g/mol. The van der Waals surface area contributed by atoms with E-state index in [1.807, 2.05) is 44.2 Å². The molecule has 4 rings (SSSR count). The van der Waals surface area contributed by atoms with Gasteiger partial charge in [-0.3, -0.25) is 14.5 Å². The molecule has 0 aliphatic heterocycles. The fourth-order valence-electron chi connectivity index (χ4n) is 3.23. The highest BCUT2D eigenvalue weighted by Gasteiger charge is 2.27. The van der Waals surface area contributed by atoms with Gasteiger partial charge in [0.25, 0.3) is 11.8 Å². The third-order valence-electron chi connectivity index (χ3n) is 4.55. The number of benzene rings is 2. The topological polar surface area (TPSA) is 121 Å². The van der Waals surface area contributed by atoms with Gasteiger partial charge in [0.2, 0.25) is 0 Å². The number of rotatable bonds is 4. The van der Waals surface area contributed by atoms with E-state index in [0.29, 0.717) is 11.4 Å². The summed E-state index contributed by atoms with van der Waals surface area (Å²) < 4.78 is 0. The van der Waals surface area contributed by atoms with Crippen molar-refractivity contribution >= 4 is 34.2 Å². The molecule has 0 saturated carbocycles. The van der Waals surface area contributed by atoms with E-state index < -0.39 is 11.8 Å². The number of nitrogens with zero attached hydrogens (tertiary/aromatic N) is 3. The number of amides is 2. The van der Waals surface area contributed by atoms with Gasteiger partial charge in [0, 0.05) is 0 Å². The lowest BCUT2D eigenvalue weighted by atomic mass is 10.1. The number of fused-ring (bicyclic) bond motifs is 1. The van der Waals surface area contributed by atoms with Gasteiger partial charge >= 0.3 is 0 Å². The lowest BCUT2D eigenvalue weighted by molar-refractivity contribution is 0.0962. The highest BCUT2D eigenvalue weighted by molar-refractivity contribution is 6.15. The normalized spacial score (nSPS) is 10.9. The average molecular weight is 374 g/mol. The smallest absolute Gasteiger partial charge is 0.283 e. The summed E-state index contributed by atoms with van der Waals surface area (Å²) >= 11 is 0. The highest BCUT2D eigenvalue weighted by Crippen LogP contribution is 2.32. The van der Waals surface area contributed by atoms with Crippen LogP contribution < -0.4 is 10.6 Å². The second-order valence-electron chi connectivity index (χ2n) is 6.52. The lowest BCUT2D eigenvalue weighted by Gasteiger charge is -2.24. The maximum atomic E-state index is 13.5. The van der Waals surface area contributed by atoms with Crippen LogP contribution in [0.3, 0.4) is 0 Å². The zero-order valence-electron chi connectivity index (χ0n) is 15.4. The molecule has 0 unspecified atom stereocenters. The van der Waals surface area contributed by atoms with Crippen LogP contribution in [-0.4, -0.2) is 31.8 Å². The number of hydrogen-bond donors (Lipinski definition) is 3. The summed E-state index contributed by atoms with van der Waals surface area (Å²) in [6.45, 7) is 3.91. The first-order chi connectivity index (χ1) is 13.5. The van der Waals surface area contributed by atoms with Crippen LogP contribution in [0.2, 0.25) is 0 Å². The Bertz CT molecular complexity index is 1210. The molecule has 0 fully saturated rings. The van der Waals surface area contributed by atoms with Crippen LogP contribution in [0.4, 0.5) is 11.4 Å². The number of imidazole rings is 2. The Hall–Kier alpha value is -3.94. The molecule has 8 nitrogen and oxygen atoms in total. The van der Waals surface area contributed by atoms with E-state index in [2.05, 4.69) is 19.9 Å². The number of anilines is 2. The Balaban J connectivity index is 1.91. The molecular formula is C20H18N6O2. The zero-order chi connectivity index (χ0) is 19.8. The highest BCUT2D eigenvalue weighted by atomic mass is 16.2. The van der Waals surface area contributed by atoms with E-state index in [4.69, 9.17) is 5.73 Å². The van der Waals surface area contributed by atoms with Crippen molar-refractivity contribution in [3.05, 3.63) is 71.6 Å². The van der Waals surface area contributed by atoms with Gasteiger partial charge < -0.3 is 15.7 Å². The largest absolute Gasteiger partial charge is 0.364 e. The molecule has 4 N–H and O–H groups in total. The van der Waals surface area contributed by atoms with Gasteiger partial charge in [-0.25, -0.2) is 9.97 Å². The molecule has 0 radical (unpaired) electrons. The number of nitrogens with one attached hydrogen (secondary N) is 2. The summed E-state index contributed by atoms with van der Waals surface area (Å²) in [5.41, 5.74) is 10.2. The Labute approximate surface area is 160 Å². The number of H-pyrrole nitrogens is 2. The molecule has 140 valence electrons. The summed E-state index contributed by atoms with van der Waals surface area (Å²) in [7, 11) is 0. The Morgan fingerprint density at radius 3 is 2.54 bits per heavy atom. The van der Waals surface area contributed by atoms with Crippen LogP contribution in [0.15, 0.2) is 49.1 Å². The van der Waals surface area contributed by atoms with Gasteiger partial charge in [0.1, 0.15) is 5.69 Å². The number of aryl methyl sites for hydroxylation is 2. The Morgan fingerprint density at radius 1 is 1.00 bits per heavy atom. The Morgan fingerprint density at radius 2 is 1.79 bits per heavy atom. The lowest BCUT2D eigenvalue weighted by Crippen LogP contribution is -2.29. The van der Waals surface area contributed by atoms with Crippen molar-refractivity contribution in [3.63, 3.8) is 0 Å². The number of aromatic nitrogens is 4. The van der Waals surface area contributed by atoms with E-state index in [1.54, 1.807) is 12.4 Å². The van der Waals surface area contributed by atoms with Crippen LogP contribution in [0, 0.1) is 13.8 Å². The minimum Gasteiger partial charge on any atom is -0.364 e. The molecule has 2 heterocycles. The first kappa shape index (κ1) is 17.5. The number of aromatic amines is 2. The fraction of sp³-hybridized carbons (Fsp3) is 0.100. The summed E-state index contributed by atoms with van der Waals surface area (Å²) in [6.07, 6.45) is 2.88. The van der Waals surface area contributed by atoms with Gasteiger partial charge in [-0.2, -0.15) is 0 Å². The van der Waals surface area contributed by atoms with Crippen molar-refractivity contribution in [1.82, 2.24) is 19.9 Å². The molecule has 2 amide bonds. The van der Waals surface area contributed by atoms with Crippen LogP contribution in [-0.2, 0) is 0 Å². The first-order valence-electron chi connectivity index (χ1n) is 8.63. The molecule has 0 aliphatic rings. The van der Waals surface area contributed by atoms with E-state index in [9.17, 15) is 9.59 Å². The Kier molecular flexibility index (Phi) is 4.15. The second kappa shape index (κ2) is 6.66. The zero-order valence-corrected chi connectivity index (χ0v) is 15.4. The van der Waals surface area contributed by atoms with Crippen molar-refractivity contribution in [3.8, 4) is 0 Å². The summed E-state index contributed by atoms with van der Waals surface area (Å²) in [5, 5.41) is 0. The third-order valence-corrected chi connectivity index (χ3v) is 4.55. The molecule has 28 heavy (non-hydrogen) atoms. The average Bonchev–Trinajstić information content (AvgIpc) is 3.32. The SMILES string of the molecule is Cc1ccc(N(C(=O)c2nc[nH]c2C(N)=O)c2ccc3[nH]cnc3c2)c(C)c1. The van der Waals surface area contributed by atoms with Crippen molar-refractivity contribution in [2.24, 2.45) is 5.73 Å². The van der Waals surface area contributed by atoms with Gasteiger partial charge in [-0.15, -0.1) is 0 Å². The molecule has 2 aromatic carbocycles. The number of carbonyl (C=O) groups excluding carboxylic acids is 2. The van der Waals surface area contributed by atoms with Crippen molar-refractivity contribution < 1.29 is 9.59 Å². The van der Waals surface area contributed by atoms with Crippen LogP contribution in [0.25, 0.3) is 11.0 Å². The molecule has 0 bridgehead atoms. The quantitative estimate of drug-likeness (QED) is 0.508. The number of carbonyl (C=O) groups is 2. The minimum absolute atomic E-state index is 0.0272. The van der Waals surface area contributed by atoms with Crippen LogP contribution in [0.5, 0.6) is 0 Å². The number of hydrogen-bond acceptors (Lipinski definition) is 4. The molecule has 4 aromatic rings. The van der Waals surface area contributed by atoms with Gasteiger partial charge in [-0.05, 0) is 43.7 Å². The van der Waals surface area contributed by atoms with Crippen molar-refractivity contribution in [2.75, 3.05) is 4.90 Å². The fourth-order valence-corrected chi connectivity index (χ4v) is 3.23. The van der Waals surface area contributed by atoms with Crippen molar-refractivity contribution in [2.45, 2.75) is 13.8 Å². The van der Waals surface area contributed by atoms with E-state index in [0.717, 1.165) is 22.2 Å². The number of nitrogens with two attached hydrogens (primary N) is 1. The van der Waals surface area contributed by atoms with E-state index in [-0.39, 0.29) is 11.4 Å². The molecule has 0 spiro atoms. The summed E-state index contributed by atoms with van der Waals surface area (Å²) in [6, 6.07) is 11.3.